The molecule has 6 N–H and O–H groups in total. The maximum absolute atomic E-state index is 12.3. The molecule has 0 heterocycles. The zero-order valence-electron chi connectivity index (χ0n) is 19.0. The van der Waals surface area contributed by atoms with Gasteiger partial charge in [0.1, 0.15) is 6.04 Å². The molecule has 2 aliphatic carbocycles. The second-order valence-corrected chi connectivity index (χ2v) is 8.74. The average Bonchev–Trinajstić information content (AvgIpc) is 2.87. The van der Waals surface area contributed by atoms with Gasteiger partial charge in [-0.05, 0) is 61.9 Å². The van der Waals surface area contributed by atoms with Crippen molar-refractivity contribution in [2.75, 3.05) is 19.6 Å². The van der Waals surface area contributed by atoms with Crippen LogP contribution in [-0.2, 0) is 4.79 Å². The van der Waals surface area contributed by atoms with Gasteiger partial charge < -0.3 is 16.4 Å². The molecule has 0 radical (unpaired) electrons. The summed E-state index contributed by atoms with van der Waals surface area (Å²) in [6.45, 7) is 2.02. The summed E-state index contributed by atoms with van der Waals surface area (Å²) < 4.78 is 0. The Morgan fingerprint density at radius 3 is 2.48 bits per heavy atom. The van der Waals surface area contributed by atoms with Crippen molar-refractivity contribution in [2.45, 2.75) is 44.6 Å². The van der Waals surface area contributed by atoms with Crippen molar-refractivity contribution < 1.29 is 14.8 Å². The Hall–Kier alpha value is -2.92. The van der Waals surface area contributed by atoms with Gasteiger partial charge in [0.15, 0.2) is 0 Å². The molecule has 2 aliphatic rings. The van der Waals surface area contributed by atoms with Crippen LogP contribution in [0.3, 0.4) is 0 Å². The number of amides is 2. The van der Waals surface area contributed by atoms with E-state index in [-0.39, 0.29) is 6.54 Å². The fourth-order valence-electron chi connectivity index (χ4n) is 4.17. The molecule has 7 heteroatoms. The lowest BCUT2D eigenvalue weighted by Crippen LogP contribution is -2.50. The molecule has 176 valence electrons. The molecule has 33 heavy (non-hydrogen) atoms. The molecule has 1 aromatic rings. The number of benzene rings is 1. The second kappa shape index (κ2) is 12.9. The molecular weight excluding hydrogens is 416 g/mol. The first-order chi connectivity index (χ1) is 16.1. The highest BCUT2D eigenvalue weighted by Gasteiger charge is 2.19. The van der Waals surface area contributed by atoms with E-state index in [4.69, 9.17) is 10.9 Å². The summed E-state index contributed by atoms with van der Waals surface area (Å²) in [6.07, 6.45) is 14.4. The van der Waals surface area contributed by atoms with Crippen LogP contribution >= 0.6 is 0 Å². The minimum atomic E-state index is -1.00. The van der Waals surface area contributed by atoms with Crippen LogP contribution in [0.5, 0.6) is 0 Å². The molecule has 3 rings (SSSR count). The number of nitrogens with two attached hydrogens (primary N) is 1. The fourth-order valence-corrected chi connectivity index (χ4v) is 4.17. The van der Waals surface area contributed by atoms with E-state index >= 15 is 0 Å². The standard InChI is InChI=1S/C26H34N4O3/c27-16-24(26(32)30-33)29-25(31)23-14-12-20(13-15-23)7-6-19-8-10-22(11-9-19)18-28-17-21-4-2-1-3-5-21/h8-10,12-15,21-22,24,28,33H,1-5,11,16-18,27H2,(H,29,31)(H,30,32)/t22?,24-/m0/s1. The van der Waals surface area contributed by atoms with Crippen molar-refractivity contribution in [3.8, 4) is 11.8 Å². The fraction of sp³-hybridized carbons (Fsp3) is 0.462. The van der Waals surface area contributed by atoms with Gasteiger partial charge in [-0.25, -0.2) is 5.48 Å². The molecule has 0 spiro atoms. The van der Waals surface area contributed by atoms with Crippen molar-refractivity contribution in [1.29, 1.82) is 0 Å². The lowest BCUT2D eigenvalue weighted by atomic mass is 9.89. The minimum Gasteiger partial charge on any atom is -0.339 e. The molecular formula is C26H34N4O3. The summed E-state index contributed by atoms with van der Waals surface area (Å²) in [5, 5.41) is 14.8. The van der Waals surface area contributed by atoms with Gasteiger partial charge in [0.05, 0.1) is 0 Å². The maximum Gasteiger partial charge on any atom is 0.267 e. The van der Waals surface area contributed by atoms with Crippen molar-refractivity contribution in [3.05, 3.63) is 59.2 Å². The predicted octanol–water partition coefficient (Wildman–Crippen LogP) is 2.27. The van der Waals surface area contributed by atoms with Crippen molar-refractivity contribution in [2.24, 2.45) is 17.6 Å². The molecule has 0 saturated heterocycles. The number of carbonyl (C=O) groups is 2. The van der Waals surface area contributed by atoms with Gasteiger partial charge in [0.25, 0.3) is 11.8 Å². The van der Waals surface area contributed by atoms with Gasteiger partial charge in [0.2, 0.25) is 0 Å². The largest absolute Gasteiger partial charge is 0.339 e. The van der Waals surface area contributed by atoms with Crippen LogP contribution in [0.2, 0.25) is 0 Å². The maximum atomic E-state index is 12.3. The first-order valence-electron chi connectivity index (χ1n) is 11.7. The Morgan fingerprint density at radius 1 is 1.09 bits per heavy atom. The topological polar surface area (TPSA) is 116 Å². The van der Waals surface area contributed by atoms with E-state index in [1.165, 1.54) is 37.6 Å². The van der Waals surface area contributed by atoms with E-state index in [0.717, 1.165) is 36.6 Å². The van der Waals surface area contributed by atoms with Crippen molar-refractivity contribution in [1.82, 2.24) is 16.1 Å². The van der Waals surface area contributed by atoms with E-state index < -0.39 is 17.9 Å². The highest BCUT2D eigenvalue weighted by molar-refractivity contribution is 5.97. The third-order valence-electron chi connectivity index (χ3n) is 6.22. The molecule has 1 aromatic carbocycles. The number of carbonyl (C=O) groups excluding carboxylic acids is 2. The van der Waals surface area contributed by atoms with E-state index in [9.17, 15) is 9.59 Å². The third-order valence-corrected chi connectivity index (χ3v) is 6.22. The normalized spacial score (nSPS) is 19.1. The lowest BCUT2D eigenvalue weighted by molar-refractivity contribution is -0.130. The summed E-state index contributed by atoms with van der Waals surface area (Å²) in [4.78, 5) is 23.7. The van der Waals surface area contributed by atoms with Crippen molar-refractivity contribution in [3.63, 3.8) is 0 Å². The highest BCUT2D eigenvalue weighted by Crippen LogP contribution is 2.23. The average molecular weight is 451 g/mol. The zero-order chi connectivity index (χ0) is 23.5. The number of allylic oxidation sites excluding steroid dienone is 3. The molecule has 2 amide bonds. The van der Waals surface area contributed by atoms with Crippen molar-refractivity contribution >= 4 is 11.8 Å². The molecule has 0 bridgehead atoms. The number of nitrogens with one attached hydrogen (secondary N) is 3. The van der Waals surface area contributed by atoms with Gasteiger partial charge in [-0.1, -0.05) is 49.3 Å². The summed E-state index contributed by atoms with van der Waals surface area (Å²) in [7, 11) is 0. The monoisotopic (exact) mass is 450 g/mol. The van der Waals surface area contributed by atoms with Gasteiger partial charge in [0, 0.05) is 29.8 Å². The van der Waals surface area contributed by atoms with Gasteiger partial charge in [-0.15, -0.1) is 0 Å². The first kappa shape index (κ1) is 24.7. The quantitative estimate of drug-likeness (QED) is 0.237. The summed E-state index contributed by atoms with van der Waals surface area (Å²) >= 11 is 0. The number of hydrogen-bond donors (Lipinski definition) is 5. The van der Waals surface area contributed by atoms with Crippen LogP contribution in [0.25, 0.3) is 0 Å². The molecule has 1 unspecified atom stereocenters. The van der Waals surface area contributed by atoms with E-state index in [1.807, 2.05) is 0 Å². The Kier molecular flexibility index (Phi) is 9.70. The Labute approximate surface area is 195 Å². The van der Waals surface area contributed by atoms with Crippen LogP contribution in [-0.4, -0.2) is 42.7 Å². The molecule has 0 aromatic heterocycles. The van der Waals surface area contributed by atoms with Gasteiger partial charge in [-0.3, -0.25) is 14.8 Å². The Bertz CT molecular complexity index is 921. The molecule has 0 aliphatic heterocycles. The minimum absolute atomic E-state index is 0.123. The molecule has 2 atom stereocenters. The second-order valence-electron chi connectivity index (χ2n) is 8.74. The summed E-state index contributed by atoms with van der Waals surface area (Å²) in [5.74, 6) is 6.47. The number of rotatable bonds is 8. The zero-order valence-corrected chi connectivity index (χ0v) is 19.0. The van der Waals surface area contributed by atoms with Gasteiger partial charge in [-0.2, -0.15) is 0 Å². The molecule has 1 saturated carbocycles. The SMILES string of the molecule is NC[C@H](NC(=O)c1ccc(C#CC2=CCC(CNCC3CCCCC3)C=C2)cc1)C(=O)NO. The number of hydrogen-bond acceptors (Lipinski definition) is 5. The summed E-state index contributed by atoms with van der Waals surface area (Å²) in [5.41, 5.74) is 9.12. The first-order valence-corrected chi connectivity index (χ1v) is 11.7. The molecule has 7 nitrogen and oxygen atoms in total. The molecule has 1 fully saturated rings. The lowest BCUT2D eigenvalue weighted by Gasteiger charge is -2.23. The smallest absolute Gasteiger partial charge is 0.267 e. The van der Waals surface area contributed by atoms with E-state index in [1.54, 1.807) is 24.3 Å². The van der Waals surface area contributed by atoms with Crippen LogP contribution in [0.15, 0.2) is 48.1 Å². The Morgan fingerprint density at radius 2 is 1.85 bits per heavy atom. The van der Waals surface area contributed by atoms with E-state index in [2.05, 4.69) is 40.7 Å². The van der Waals surface area contributed by atoms with E-state index in [0.29, 0.717) is 11.5 Å². The van der Waals surface area contributed by atoms with Crippen LogP contribution in [0.4, 0.5) is 0 Å². The van der Waals surface area contributed by atoms with Gasteiger partial charge >= 0.3 is 0 Å². The highest BCUT2D eigenvalue weighted by atomic mass is 16.5. The van der Waals surface area contributed by atoms with Crippen LogP contribution in [0.1, 0.15) is 54.4 Å². The Balaban J connectivity index is 1.45. The van der Waals surface area contributed by atoms with Crippen LogP contribution in [0, 0.1) is 23.7 Å². The predicted molar refractivity (Wildman–Crippen MR) is 128 cm³/mol. The number of hydroxylamine groups is 1. The summed E-state index contributed by atoms with van der Waals surface area (Å²) in [6, 6.07) is 5.80. The third kappa shape index (κ3) is 7.86. The van der Waals surface area contributed by atoms with Crippen LogP contribution < -0.4 is 21.8 Å².